The van der Waals surface area contributed by atoms with Crippen LogP contribution in [0.1, 0.15) is 108 Å². The van der Waals surface area contributed by atoms with Gasteiger partial charge in [0, 0.05) is 10.3 Å². The van der Waals surface area contributed by atoms with Crippen LogP contribution >= 0.6 is 11.3 Å². The highest BCUT2D eigenvalue weighted by atomic mass is 32.1. The Morgan fingerprint density at radius 2 is 1.69 bits per heavy atom. The number of rotatable bonds is 2. The summed E-state index contributed by atoms with van der Waals surface area (Å²) in [5.74, 6) is 1.94. The van der Waals surface area contributed by atoms with Crippen LogP contribution in [-0.4, -0.2) is 16.1 Å². The summed E-state index contributed by atoms with van der Waals surface area (Å²) in [6.45, 7) is 21.6. The lowest BCUT2D eigenvalue weighted by Crippen LogP contribution is -2.66. The number of hydrogen-bond donors (Lipinski definition) is 1. The second-order valence-electron chi connectivity index (χ2n) is 15.1. The second kappa shape index (κ2) is 7.48. The molecule has 6 rings (SSSR count). The molecule has 0 saturated heterocycles. The Hall–Kier alpha value is -1.16. The average Bonchev–Trinajstić information content (AvgIpc) is 3.35. The zero-order valence-corrected chi connectivity index (χ0v) is 24.5. The fourth-order valence-electron chi connectivity index (χ4n) is 11.9. The molecule has 0 aromatic carbocycles. The van der Waals surface area contributed by atoms with Gasteiger partial charge in [0.2, 0.25) is 0 Å². The van der Waals surface area contributed by atoms with Crippen LogP contribution in [-0.2, 0) is 16.6 Å². The second-order valence-corrected chi connectivity index (χ2v) is 16.3. The van der Waals surface area contributed by atoms with Gasteiger partial charge in [-0.05, 0) is 117 Å². The monoisotopic (exact) mass is 509 g/mol. The van der Waals surface area contributed by atoms with E-state index in [0.29, 0.717) is 23.7 Å². The van der Waals surface area contributed by atoms with E-state index in [9.17, 15) is 9.90 Å². The molecule has 5 aliphatic rings. The van der Waals surface area contributed by atoms with Gasteiger partial charge in [-0.1, -0.05) is 46.8 Å². The van der Waals surface area contributed by atoms with Crippen LogP contribution in [0.15, 0.2) is 12.2 Å². The van der Waals surface area contributed by atoms with Crippen molar-refractivity contribution in [1.29, 1.82) is 0 Å². The molecule has 0 aliphatic heterocycles. The Kier molecular flexibility index (Phi) is 5.22. The normalized spacial score (nSPS) is 48.7. The van der Waals surface area contributed by atoms with Crippen molar-refractivity contribution in [3.05, 3.63) is 27.7 Å². The predicted molar refractivity (Wildman–Crippen MR) is 147 cm³/mol. The average molecular weight is 510 g/mol. The van der Waals surface area contributed by atoms with Gasteiger partial charge in [0.05, 0.1) is 16.1 Å². The SMILES string of the molecule is C=C(C)[C@@H]1CC[C@]2(C(=O)O)CC[C@]3(C)[C@H](CC[C@@H]4[C@@]5(C)Cc6nc(C)sc6C(C)(C)[C@@H]5CC[C@]43C)[C@@H]12. The number of aromatic nitrogens is 1. The van der Waals surface area contributed by atoms with Gasteiger partial charge in [-0.3, -0.25) is 4.79 Å². The Morgan fingerprint density at radius 1 is 0.972 bits per heavy atom. The number of carbonyl (C=O) groups is 1. The fourth-order valence-corrected chi connectivity index (χ4v) is 13.0. The Balaban J connectivity index is 1.44. The predicted octanol–water partition coefficient (Wildman–Crippen LogP) is 8.21. The maximum atomic E-state index is 12.9. The van der Waals surface area contributed by atoms with Crippen LogP contribution in [0.3, 0.4) is 0 Å². The summed E-state index contributed by atoms with van der Waals surface area (Å²) in [6.07, 6.45) is 9.91. The Labute approximate surface area is 222 Å². The zero-order chi connectivity index (χ0) is 26.1. The summed E-state index contributed by atoms with van der Waals surface area (Å²) in [4.78, 5) is 19.5. The smallest absolute Gasteiger partial charge is 0.309 e. The minimum Gasteiger partial charge on any atom is -0.481 e. The van der Waals surface area contributed by atoms with Crippen molar-refractivity contribution in [2.75, 3.05) is 0 Å². The van der Waals surface area contributed by atoms with E-state index in [2.05, 4.69) is 55.0 Å². The molecule has 1 N–H and O–H groups in total. The summed E-state index contributed by atoms with van der Waals surface area (Å²) < 4.78 is 0. The van der Waals surface area contributed by atoms with E-state index in [1.54, 1.807) is 4.88 Å². The molecule has 198 valence electrons. The zero-order valence-electron chi connectivity index (χ0n) is 23.7. The van der Waals surface area contributed by atoms with Crippen molar-refractivity contribution in [1.82, 2.24) is 4.98 Å². The Bertz CT molecular complexity index is 1140. The molecule has 0 spiro atoms. The van der Waals surface area contributed by atoms with Crippen LogP contribution in [0.4, 0.5) is 0 Å². The van der Waals surface area contributed by atoms with E-state index in [1.807, 2.05) is 11.3 Å². The van der Waals surface area contributed by atoms with Gasteiger partial charge in [0.25, 0.3) is 0 Å². The first-order chi connectivity index (χ1) is 16.7. The maximum absolute atomic E-state index is 12.9. The van der Waals surface area contributed by atoms with Gasteiger partial charge in [0.1, 0.15) is 0 Å². The third-order valence-corrected chi connectivity index (χ3v) is 14.9. The fraction of sp³-hybridized carbons (Fsp3) is 0.812. The van der Waals surface area contributed by atoms with Crippen molar-refractivity contribution in [2.45, 2.75) is 112 Å². The molecule has 0 unspecified atom stereocenters. The molecule has 9 atom stereocenters. The first-order valence-electron chi connectivity index (χ1n) is 14.6. The molecular weight excluding hydrogens is 462 g/mol. The van der Waals surface area contributed by atoms with Gasteiger partial charge >= 0.3 is 5.97 Å². The van der Waals surface area contributed by atoms with Crippen LogP contribution < -0.4 is 0 Å². The number of nitrogens with zero attached hydrogens (tertiary/aromatic N) is 1. The van der Waals surface area contributed by atoms with Crippen LogP contribution in [0.5, 0.6) is 0 Å². The van der Waals surface area contributed by atoms with Gasteiger partial charge in [-0.2, -0.15) is 0 Å². The molecule has 3 nitrogen and oxygen atoms in total. The van der Waals surface area contributed by atoms with E-state index >= 15 is 0 Å². The van der Waals surface area contributed by atoms with Crippen LogP contribution in [0.25, 0.3) is 0 Å². The van der Waals surface area contributed by atoms with Gasteiger partial charge in [0.15, 0.2) is 0 Å². The molecule has 0 radical (unpaired) electrons. The number of fused-ring (bicyclic) bond motifs is 8. The topological polar surface area (TPSA) is 50.2 Å². The molecule has 4 saturated carbocycles. The van der Waals surface area contributed by atoms with Gasteiger partial charge < -0.3 is 5.11 Å². The lowest BCUT2D eigenvalue weighted by atomic mass is 9.32. The van der Waals surface area contributed by atoms with Crippen LogP contribution in [0, 0.1) is 58.2 Å². The molecule has 4 fully saturated rings. The van der Waals surface area contributed by atoms with Crippen molar-refractivity contribution >= 4 is 17.3 Å². The molecule has 1 aromatic rings. The summed E-state index contributed by atoms with van der Waals surface area (Å²) in [7, 11) is 0. The maximum Gasteiger partial charge on any atom is 0.309 e. The van der Waals surface area contributed by atoms with Gasteiger partial charge in [-0.25, -0.2) is 4.98 Å². The minimum absolute atomic E-state index is 0.175. The highest BCUT2D eigenvalue weighted by Crippen LogP contribution is 2.77. The summed E-state index contributed by atoms with van der Waals surface area (Å²) in [6, 6.07) is 0. The van der Waals surface area contributed by atoms with Gasteiger partial charge in [-0.15, -0.1) is 11.3 Å². The molecule has 4 heteroatoms. The number of aliphatic carboxylic acids is 1. The quantitative estimate of drug-likeness (QED) is 0.409. The number of allylic oxidation sites excluding steroid dienone is 1. The lowest BCUT2D eigenvalue weighted by Gasteiger charge is -2.72. The molecule has 0 bridgehead atoms. The van der Waals surface area contributed by atoms with E-state index in [0.717, 1.165) is 32.1 Å². The molecular formula is C32H47NO2S. The van der Waals surface area contributed by atoms with Crippen LogP contribution in [0.2, 0.25) is 0 Å². The minimum atomic E-state index is -0.530. The number of carboxylic acid groups (broad SMARTS) is 1. The molecule has 36 heavy (non-hydrogen) atoms. The number of thiazole rings is 1. The summed E-state index contributed by atoms with van der Waals surface area (Å²) in [5, 5.41) is 11.8. The number of hydrogen-bond acceptors (Lipinski definition) is 3. The van der Waals surface area contributed by atoms with Crippen molar-refractivity contribution in [2.24, 2.45) is 51.2 Å². The number of aryl methyl sites for hydroxylation is 1. The number of carboxylic acids is 1. The Morgan fingerprint density at radius 3 is 2.36 bits per heavy atom. The summed E-state index contributed by atoms with van der Waals surface area (Å²) in [5.41, 5.74) is 2.93. The molecule has 0 amide bonds. The molecule has 1 heterocycles. The third kappa shape index (κ3) is 2.81. The first-order valence-corrected chi connectivity index (χ1v) is 15.4. The molecule has 5 aliphatic carbocycles. The highest BCUT2D eigenvalue weighted by molar-refractivity contribution is 7.11. The van der Waals surface area contributed by atoms with E-state index < -0.39 is 11.4 Å². The van der Waals surface area contributed by atoms with E-state index in [-0.39, 0.29) is 27.6 Å². The van der Waals surface area contributed by atoms with E-state index in [1.165, 1.54) is 42.0 Å². The standard InChI is InChI=1S/C32H47NO2S/c1-18(2)20-11-14-32(27(34)35)16-15-30(7)21(25(20)32)9-10-24-29(6)17-22-26(36-19(3)33-22)28(4,5)23(29)12-13-31(24,30)8/h20-21,23-25H,1,9-17H2,2-8H3,(H,34,35)/t20-,21+,23-,24+,25+,29-,30+,31+,32-/m0/s1. The van der Waals surface area contributed by atoms with Crippen molar-refractivity contribution in [3.63, 3.8) is 0 Å². The highest BCUT2D eigenvalue weighted by Gasteiger charge is 2.72. The van der Waals surface area contributed by atoms with Crippen molar-refractivity contribution in [3.8, 4) is 0 Å². The summed E-state index contributed by atoms with van der Waals surface area (Å²) >= 11 is 1.94. The molecule has 1 aromatic heterocycles. The van der Waals surface area contributed by atoms with Crippen molar-refractivity contribution < 1.29 is 9.90 Å². The lowest BCUT2D eigenvalue weighted by molar-refractivity contribution is -0.227. The van der Waals surface area contributed by atoms with E-state index in [4.69, 9.17) is 4.98 Å². The largest absolute Gasteiger partial charge is 0.481 e. The third-order valence-electron chi connectivity index (χ3n) is 13.6. The first kappa shape index (κ1) is 25.1.